The van der Waals surface area contributed by atoms with Gasteiger partial charge in [0, 0.05) is 11.3 Å². The topological polar surface area (TPSA) is 67.4 Å². The number of carbonyl (C=O) groups excluding carboxylic acids is 2. The van der Waals surface area contributed by atoms with Crippen molar-refractivity contribution in [1.29, 1.82) is 0 Å². The molecule has 2 amide bonds. The van der Waals surface area contributed by atoms with Crippen LogP contribution in [0, 0.1) is 0 Å². The van der Waals surface area contributed by atoms with Gasteiger partial charge in [0.1, 0.15) is 5.75 Å². The van der Waals surface area contributed by atoms with Crippen LogP contribution in [0.5, 0.6) is 5.75 Å². The second kappa shape index (κ2) is 6.12. The minimum Gasteiger partial charge on any atom is -0.482 e. The second-order valence-corrected chi connectivity index (χ2v) is 5.74. The van der Waals surface area contributed by atoms with E-state index in [2.05, 4.69) is 24.5 Å². The van der Waals surface area contributed by atoms with Gasteiger partial charge in [0.05, 0.1) is 5.69 Å². The van der Waals surface area contributed by atoms with E-state index in [-0.39, 0.29) is 18.4 Å². The molecule has 5 nitrogen and oxygen atoms in total. The van der Waals surface area contributed by atoms with Crippen molar-refractivity contribution >= 4 is 23.2 Å². The smallest absolute Gasteiger partial charge is 0.262 e. The van der Waals surface area contributed by atoms with Gasteiger partial charge >= 0.3 is 0 Å². The summed E-state index contributed by atoms with van der Waals surface area (Å²) in [6.07, 6.45) is 0. The molecule has 2 N–H and O–H groups in total. The van der Waals surface area contributed by atoms with Gasteiger partial charge < -0.3 is 15.4 Å². The number of carbonyl (C=O) groups is 2. The second-order valence-electron chi connectivity index (χ2n) is 5.74. The molecule has 0 aliphatic carbocycles. The Hall–Kier alpha value is -2.82. The fraction of sp³-hybridized carbons (Fsp3) is 0.222. The number of amides is 2. The summed E-state index contributed by atoms with van der Waals surface area (Å²) in [6, 6.07) is 12.7. The van der Waals surface area contributed by atoms with Gasteiger partial charge in [-0.25, -0.2) is 0 Å². The lowest BCUT2D eigenvalue weighted by molar-refractivity contribution is -0.118. The van der Waals surface area contributed by atoms with Gasteiger partial charge in [-0.15, -0.1) is 0 Å². The maximum Gasteiger partial charge on any atom is 0.262 e. The molecular formula is C18H18N2O3. The average molecular weight is 310 g/mol. The number of rotatable bonds is 3. The van der Waals surface area contributed by atoms with Crippen molar-refractivity contribution in [3.8, 4) is 5.75 Å². The monoisotopic (exact) mass is 310 g/mol. The summed E-state index contributed by atoms with van der Waals surface area (Å²) in [7, 11) is 0. The first-order valence-electron chi connectivity index (χ1n) is 7.51. The predicted octanol–water partition coefficient (Wildman–Crippen LogP) is 3.39. The molecule has 0 unspecified atom stereocenters. The van der Waals surface area contributed by atoms with E-state index in [1.807, 2.05) is 24.3 Å². The van der Waals surface area contributed by atoms with Crippen LogP contribution in [-0.2, 0) is 4.79 Å². The number of hydrogen-bond acceptors (Lipinski definition) is 3. The SMILES string of the molecule is CC(C)c1ccccc1NC(=O)c1ccc2c(c1)OCC(=O)N2. The number of anilines is 2. The lowest BCUT2D eigenvalue weighted by atomic mass is 10.0. The van der Waals surface area contributed by atoms with Gasteiger partial charge in [0.25, 0.3) is 11.8 Å². The minimum atomic E-state index is -0.207. The third-order valence-electron chi connectivity index (χ3n) is 3.71. The van der Waals surface area contributed by atoms with Crippen molar-refractivity contribution in [3.05, 3.63) is 53.6 Å². The number of fused-ring (bicyclic) bond motifs is 1. The van der Waals surface area contributed by atoms with Crippen molar-refractivity contribution in [2.75, 3.05) is 17.2 Å². The van der Waals surface area contributed by atoms with Crippen LogP contribution < -0.4 is 15.4 Å². The third-order valence-corrected chi connectivity index (χ3v) is 3.71. The molecule has 2 aromatic rings. The number of hydrogen-bond donors (Lipinski definition) is 2. The van der Waals surface area contributed by atoms with E-state index >= 15 is 0 Å². The van der Waals surface area contributed by atoms with E-state index in [4.69, 9.17) is 4.74 Å². The zero-order chi connectivity index (χ0) is 16.4. The van der Waals surface area contributed by atoms with Crippen LogP contribution in [0.4, 0.5) is 11.4 Å². The Morgan fingerprint density at radius 3 is 2.78 bits per heavy atom. The number of para-hydroxylation sites is 1. The Morgan fingerprint density at radius 1 is 1.22 bits per heavy atom. The Bertz CT molecular complexity index is 769. The third kappa shape index (κ3) is 3.18. The summed E-state index contributed by atoms with van der Waals surface area (Å²) in [5.41, 5.74) is 2.96. The lowest BCUT2D eigenvalue weighted by Gasteiger charge is -2.18. The van der Waals surface area contributed by atoms with Crippen molar-refractivity contribution < 1.29 is 14.3 Å². The van der Waals surface area contributed by atoms with Crippen LogP contribution in [-0.4, -0.2) is 18.4 Å². The molecule has 1 aliphatic rings. The summed E-state index contributed by atoms with van der Waals surface area (Å²) in [6.45, 7) is 4.13. The normalized spacial score (nSPS) is 13.1. The van der Waals surface area contributed by atoms with Crippen molar-refractivity contribution in [2.24, 2.45) is 0 Å². The highest BCUT2D eigenvalue weighted by Gasteiger charge is 2.18. The van der Waals surface area contributed by atoms with Gasteiger partial charge in [0.15, 0.2) is 6.61 Å². The first-order valence-corrected chi connectivity index (χ1v) is 7.51. The van der Waals surface area contributed by atoms with E-state index in [0.717, 1.165) is 11.3 Å². The highest BCUT2D eigenvalue weighted by Crippen LogP contribution is 2.29. The molecule has 23 heavy (non-hydrogen) atoms. The van der Waals surface area contributed by atoms with Crippen LogP contribution in [0.25, 0.3) is 0 Å². The molecule has 0 atom stereocenters. The number of nitrogens with one attached hydrogen (secondary N) is 2. The Balaban J connectivity index is 1.83. The van der Waals surface area contributed by atoms with Crippen LogP contribution in [0.15, 0.2) is 42.5 Å². The van der Waals surface area contributed by atoms with E-state index in [1.165, 1.54) is 0 Å². The van der Waals surface area contributed by atoms with Crippen molar-refractivity contribution in [1.82, 2.24) is 0 Å². The molecule has 1 heterocycles. The van der Waals surface area contributed by atoms with Crippen LogP contribution >= 0.6 is 0 Å². The van der Waals surface area contributed by atoms with Crippen LogP contribution in [0.3, 0.4) is 0 Å². The van der Waals surface area contributed by atoms with Gasteiger partial charge in [0.2, 0.25) is 0 Å². The van der Waals surface area contributed by atoms with E-state index < -0.39 is 0 Å². The summed E-state index contributed by atoms with van der Waals surface area (Å²) in [5, 5.41) is 5.65. The Labute approximate surface area is 134 Å². The highest BCUT2D eigenvalue weighted by molar-refractivity contribution is 6.06. The molecule has 0 saturated carbocycles. The van der Waals surface area contributed by atoms with Crippen molar-refractivity contribution in [3.63, 3.8) is 0 Å². The Morgan fingerprint density at radius 2 is 2.00 bits per heavy atom. The zero-order valence-electron chi connectivity index (χ0n) is 13.1. The molecule has 0 aromatic heterocycles. The maximum atomic E-state index is 12.5. The van der Waals surface area contributed by atoms with Gasteiger partial charge in [-0.05, 0) is 35.7 Å². The Kier molecular flexibility index (Phi) is 4.02. The minimum absolute atomic E-state index is 0.0335. The number of ether oxygens (including phenoxy) is 1. The highest BCUT2D eigenvalue weighted by atomic mass is 16.5. The van der Waals surface area contributed by atoms with Gasteiger partial charge in [-0.3, -0.25) is 9.59 Å². The molecule has 0 spiro atoms. The quantitative estimate of drug-likeness (QED) is 0.913. The lowest BCUT2D eigenvalue weighted by Crippen LogP contribution is -2.25. The molecule has 3 rings (SSSR count). The first-order chi connectivity index (χ1) is 11.0. The summed E-state index contributed by atoms with van der Waals surface area (Å²) < 4.78 is 5.35. The number of benzene rings is 2. The first kappa shape index (κ1) is 15.1. The fourth-order valence-corrected chi connectivity index (χ4v) is 2.52. The molecule has 5 heteroatoms. The largest absolute Gasteiger partial charge is 0.482 e. The van der Waals surface area contributed by atoms with Gasteiger partial charge in [-0.1, -0.05) is 32.0 Å². The van der Waals surface area contributed by atoms with Crippen molar-refractivity contribution in [2.45, 2.75) is 19.8 Å². The zero-order valence-corrected chi connectivity index (χ0v) is 13.1. The maximum absolute atomic E-state index is 12.5. The standard InChI is InChI=1S/C18H18N2O3/c1-11(2)13-5-3-4-6-14(13)20-18(22)12-7-8-15-16(9-12)23-10-17(21)19-15/h3-9,11H,10H2,1-2H3,(H,19,21)(H,20,22). The molecular weight excluding hydrogens is 292 g/mol. The molecule has 0 radical (unpaired) electrons. The van der Waals surface area contributed by atoms with E-state index in [0.29, 0.717) is 22.9 Å². The van der Waals surface area contributed by atoms with Crippen LogP contribution in [0.2, 0.25) is 0 Å². The fourth-order valence-electron chi connectivity index (χ4n) is 2.52. The van der Waals surface area contributed by atoms with Crippen LogP contribution in [0.1, 0.15) is 35.7 Å². The molecule has 0 bridgehead atoms. The average Bonchev–Trinajstić information content (AvgIpc) is 2.54. The summed E-state index contributed by atoms with van der Waals surface area (Å²) in [4.78, 5) is 23.8. The molecule has 0 fully saturated rings. The van der Waals surface area contributed by atoms with E-state index in [9.17, 15) is 9.59 Å². The van der Waals surface area contributed by atoms with Gasteiger partial charge in [-0.2, -0.15) is 0 Å². The molecule has 0 saturated heterocycles. The van der Waals surface area contributed by atoms with E-state index in [1.54, 1.807) is 18.2 Å². The molecule has 118 valence electrons. The predicted molar refractivity (Wildman–Crippen MR) is 89.1 cm³/mol. The molecule has 2 aromatic carbocycles. The summed E-state index contributed by atoms with van der Waals surface area (Å²) in [5.74, 6) is 0.421. The summed E-state index contributed by atoms with van der Waals surface area (Å²) >= 11 is 0. The molecule has 1 aliphatic heterocycles.